The van der Waals surface area contributed by atoms with E-state index in [-0.39, 0.29) is 0 Å². The van der Waals surface area contributed by atoms with Gasteiger partial charge in [0, 0.05) is 31.0 Å². The second kappa shape index (κ2) is 6.70. The fraction of sp³-hybridized carbons (Fsp3) is 0.600. The lowest BCUT2D eigenvalue weighted by atomic mass is 9.88. The van der Waals surface area contributed by atoms with Gasteiger partial charge < -0.3 is 15.4 Å². The molecule has 1 fully saturated rings. The summed E-state index contributed by atoms with van der Waals surface area (Å²) in [5.74, 6) is 0.348. The predicted molar refractivity (Wildman–Crippen MR) is 78.8 cm³/mol. The summed E-state index contributed by atoms with van der Waals surface area (Å²) in [6, 6.07) is 4.06. The highest BCUT2D eigenvalue weighted by molar-refractivity contribution is 5.88. The Hall–Kier alpha value is -1.62. The van der Waals surface area contributed by atoms with E-state index < -0.39 is 5.97 Å². The average Bonchev–Trinajstić information content (AvgIpc) is 2.53. The van der Waals surface area contributed by atoms with Gasteiger partial charge in [-0.3, -0.25) is 0 Å². The number of piperidine rings is 1. The van der Waals surface area contributed by atoms with Crippen molar-refractivity contribution in [2.45, 2.75) is 32.2 Å². The van der Waals surface area contributed by atoms with Crippen molar-refractivity contribution in [1.29, 1.82) is 0 Å². The second-order valence-corrected chi connectivity index (χ2v) is 5.27. The van der Waals surface area contributed by atoms with E-state index in [1.807, 2.05) is 6.07 Å². The summed E-state index contributed by atoms with van der Waals surface area (Å²) in [6.07, 6.45) is 5.14. The van der Waals surface area contributed by atoms with Crippen molar-refractivity contribution >= 4 is 11.7 Å². The lowest BCUT2D eigenvalue weighted by Crippen LogP contribution is -2.46. The second-order valence-electron chi connectivity index (χ2n) is 5.27. The standard InChI is InChI=1S/C15H23N3O2/c1-3-11-5-7-18(13(8-11)10-16)12-4-6-17-14(9-12)15(19)20-2/h4,6,9,11,13H,3,5,7-8,10,16H2,1-2H3. The molecule has 2 unspecified atom stereocenters. The van der Waals surface area contributed by atoms with Crippen LogP contribution in [0.25, 0.3) is 0 Å². The zero-order valence-electron chi connectivity index (χ0n) is 12.2. The first-order valence-corrected chi connectivity index (χ1v) is 7.20. The van der Waals surface area contributed by atoms with Gasteiger partial charge in [-0.1, -0.05) is 13.3 Å². The Morgan fingerprint density at radius 2 is 2.40 bits per heavy atom. The molecule has 0 saturated carbocycles. The van der Waals surface area contributed by atoms with Crippen LogP contribution in [-0.4, -0.2) is 37.2 Å². The summed E-state index contributed by atoms with van der Waals surface area (Å²) in [7, 11) is 1.37. The topological polar surface area (TPSA) is 68.5 Å². The van der Waals surface area contributed by atoms with Crippen LogP contribution in [0, 0.1) is 5.92 Å². The Morgan fingerprint density at radius 3 is 3.05 bits per heavy atom. The third-order valence-electron chi connectivity index (χ3n) is 4.14. The van der Waals surface area contributed by atoms with Gasteiger partial charge in [0.05, 0.1) is 7.11 Å². The molecule has 1 aromatic rings. The van der Waals surface area contributed by atoms with Crippen molar-refractivity contribution in [3.63, 3.8) is 0 Å². The Balaban J connectivity index is 2.19. The molecule has 0 bridgehead atoms. The molecule has 2 atom stereocenters. The van der Waals surface area contributed by atoms with Crippen molar-refractivity contribution < 1.29 is 9.53 Å². The van der Waals surface area contributed by atoms with E-state index in [9.17, 15) is 4.79 Å². The molecule has 2 rings (SSSR count). The van der Waals surface area contributed by atoms with Crippen LogP contribution in [0.15, 0.2) is 18.3 Å². The maximum Gasteiger partial charge on any atom is 0.356 e. The molecule has 1 aliphatic heterocycles. The highest BCUT2D eigenvalue weighted by Gasteiger charge is 2.27. The van der Waals surface area contributed by atoms with E-state index >= 15 is 0 Å². The Kier molecular flexibility index (Phi) is 4.95. The molecule has 2 N–H and O–H groups in total. The molecule has 0 spiro atoms. The quantitative estimate of drug-likeness (QED) is 0.850. The Morgan fingerprint density at radius 1 is 1.60 bits per heavy atom. The summed E-state index contributed by atoms with van der Waals surface area (Å²) >= 11 is 0. The molecule has 5 heteroatoms. The van der Waals surface area contributed by atoms with Crippen LogP contribution in [0.5, 0.6) is 0 Å². The lowest BCUT2D eigenvalue weighted by molar-refractivity contribution is 0.0594. The van der Waals surface area contributed by atoms with E-state index in [0.29, 0.717) is 18.3 Å². The van der Waals surface area contributed by atoms with E-state index in [1.165, 1.54) is 20.0 Å². The molecule has 1 aromatic heterocycles. The minimum absolute atomic E-state index is 0.335. The average molecular weight is 277 g/mol. The van der Waals surface area contributed by atoms with Gasteiger partial charge in [0.2, 0.25) is 0 Å². The molecule has 0 aliphatic carbocycles. The number of hydrogen-bond donors (Lipinski definition) is 1. The molecule has 2 heterocycles. The highest BCUT2D eigenvalue weighted by Crippen LogP contribution is 2.29. The van der Waals surface area contributed by atoms with Crippen LogP contribution in [0.3, 0.4) is 0 Å². The fourth-order valence-electron chi connectivity index (χ4n) is 2.88. The summed E-state index contributed by atoms with van der Waals surface area (Å²) in [6.45, 7) is 3.84. The monoisotopic (exact) mass is 277 g/mol. The number of esters is 1. The van der Waals surface area contributed by atoms with E-state index in [1.54, 1.807) is 12.3 Å². The number of anilines is 1. The summed E-state index contributed by atoms with van der Waals surface area (Å²) < 4.78 is 4.72. The normalized spacial score (nSPS) is 22.6. The van der Waals surface area contributed by atoms with Crippen molar-refractivity contribution in [1.82, 2.24) is 4.98 Å². The van der Waals surface area contributed by atoms with Crippen molar-refractivity contribution in [2.24, 2.45) is 11.7 Å². The zero-order chi connectivity index (χ0) is 14.5. The minimum Gasteiger partial charge on any atom is -0.464 e. The number of aromatic nitrogens is 1. The highest BCUT2D eigenvalue weighted by atomic mass is 16.5. The van der Waals surface area contributed by atoms with Crippen LogP contribution < -0.4 is 10.6 Å². The first-order chi connectivity index (χ1) is 9.69. The van der Waals surface area contributed by atoms with Crippen LogP contribution >= 0.6 is 0 Å². The SMILES string of the molecule is CCC1CCN(c2ccnc(C(=O)OC)c2)C(CN)C1. The third kappa shape index (κ3) is 3.10. The van der Waals surface area contributed by atoms with Gasteiger partial charge in [-0.15, -0.1) is 0 Å². The van der Waals surface area contributed by atoms with Crippen molar-refractivity contribution in [3.05, 3.63) is 24.0 Å². The third-order valence-corrected chi connectivity index (χ3v) is 4.14. The largest absolute Gasteiger partial charge is 0.464 e. The summed E-state index contributed by atoms with van der Waals surface area (Å²) in [5, 5.41) is 0. The molecule has 20 heavy (non-hydrogen) atoms. The Bertz CT molecular complexity index is 464. The van der Waals surface area contributed by atoms with Gasteiger partial charge in [-0.25, -0.2) is 9.78 Å². The lowest BCUT2D eigenvalue weighted by Gasteiger charge is -2.40. The number of carbonyl (C=O) groups excluding carboxylic acids is 1. The number of pyridine rings is 1. The van der Waals surface area contributed by atoms with Gasteiger partial charge in [0.25, 0.3) is 0 Å². The number of nitrogens with zero attached hydrogens (tertiary/aromatic N) is 2. The van der Waals surface area contributed by atoms with Crippen LogP contribution in [0.2, 0.25) is 0 Å². The number of rotatable bonds is 4. The number of hydrogen-bond acceptors (Lipinski definition) is 5. The number of methoxy groups -OCH3 is 1. The first kappa shape index (κ1) is 14.8. The van der Waals surface area contributed by atoms with Crippen molar-refractivity contribution in [3.8, 4) is 0 Å². The maximum absolute atomic E-state index is 11.6. The molecule has 110 valence electrons. The molecular formula is C15H23N3O2. The molecule has 0 radical (unpaired) electrons. The van der Waals surface area contributed by atoms with E-state index in [0.717, 1.165) is 24.6 Å². The molecule has 0 amide bonds. The van der Waals surface area contributed by atoms with E-state index in [4.69, 9.17) is 10.5 Å². The van der Waals surface area contributed by atoms with Gasteiger partial charge in [-0.05, 0) is 30.9 Å². The van der Waals surface area contributed by atoms with Gasteiger partial charge in [-0.2, -0.15) is 0 Å². The predicted octanol–water partition coefficient (Wildman–Crippen LogP) is 1.82. The number of carbonyl (C=O) groups is 1. The van der Waals surface area contributed by atoms with E-state index in [2.05, 4.69) is 16.8 Å². The minimum atomic E-state index is -0.403. The number of ether oxygens (including phenoxy) is 1. The molecule has 1 saturated heterocycles. The molecule has 0 aromatic carbocycles. The maximum atomic E-state index is 11.6. The Labute approximate surface area is 120 Å². The molecule has 5 nitrogen and oxygen atoms in total. The van der Waals surface area contributed by atoms with Gasteiger partial charge in [0.15, 0.2) is 0 Å². The number of nitrogens with two attached hydrogens (primary N) is 1. The summed E-state index contributed by atoms with van der Waals surface area (Å²) in [5.41, 5.74) is 7.27. The fourth-order valence-corrected chi connectivity index (χ4v) is 2.88. The zero-order valence-corrected chi connectivity index (χ0v) is 12.2. The van der Waals surface area contributed by atoms with Crippen LogP contribution in [0.1, 0.15) is 36.7 Å². The van der Waals surface area contributed by atoms with Crippen molar-refractivity contribution in [2.75, 3.05) is 25.1 Å². The summed E-state index contributed by atoms with van der Waals surface area (Å²) in [4.78, 5) is 17.9. The molecular weight excluding hydrogens is 254 g/mol. The first-order valence-electron chi connectivity index (χ1n) is 7.20. The van der Waals surface area contributed by atoms with Crippen LogP contribution in [-0.2, 0) is 4.74 Å². The van der Waals surface area contributed by atoms with Gasteiger partial charge >= 0.3 is 5.97 Å². The van der Waals surface area contributed by atoms with Crippen LogP contribution in [0.4, 0.5) is 5.69 Å². The van der Waals surface area contributed by atoms with Gasteiger partial charge in [0.1, 0.15) is 5.69 Å². The molecule has 1 aliphatic rings. The smallest absolute Gasteiger partial charge is 0.356 e.